The Labute approximate surface area is 131 Å². The summed E-state index contributed by atoms with van der Waals surface area (Å²) in [6, 6.07) is 13.1. The van der Waals surface area contributed by atoms with Gasteiger partial charge in [-0.2, -0.15) is 14.6 Å². The number of rotatable bonds is 3. The lowest BCUT2D eigenvalue weighted by Crippen LogP contribution is -1.99. The van der Waals surface area contributed by atoms with Gasteiger partial charge in [0.25, 0.3) is 5.78 Å². The highest BCUT2D eigenvalue weighted by molar-refractivity contribution is 5.77. The maximum atomic E-state index is 10.8. The zero-order chi connectivity index (χ0) is 15.6. The summed E-state index contributed by atoms with van der Waals surface area (Å²) in [7, 11) is 0. The van der Waals surface area contributed by atoms with Gasteiger partial charge in [-0.3, -0.25) is 9.78 Å². The van der Waals surface area contributed by atoms with E-state index in [-0.39, 0.29) is 0 Å². The van der Waals surface area contributed by atoms with E-state index in [0.29, 0.717) is 11.3 Å². The molecule has 0 unspecified atom stereocenters. The maximum absolute atomic E-state index is 10.8. The third-order valence-corrected chi connectivity index (χ3v) is 3.57. The molecule has 6 nitrogen and oxygen atoms in total. The van der Waals surface area contributed by atoms with E-state index in [0.717, 1.165) is 28.8 Å². The lowest BCUT2D eigenvalue weighted by atomic mass is 10.1. The Morgan fingerprint density at radius 3 is 2.48 bits per heavy atom. The number of benzene rings is 1. The highest BCUT2D eigenvalue weighted by Gasteiger charge is 2.11. The van der Waals surface area contributed by atoms with Gasteiger partial charge in [-0.15, -0.1) is 0 Å². The minimum atomic E-state index is 0.522. The summed E-state index contributed by atoms with van der Waals surface area (Å²) in [6.45, 7) is 0. The molecule has 0 N–H and O–H groups in total. The van der Waals surface area contributed by atoms with Crippen LogP contribution in [0.2, 0.25) is 0 Å². The molecule has 23 heavy (non-hydrogen) atoms. The van der Waals surface area contributed by atoms with Gasteiger partial charge >= 0.3 is 0 Å². The first-order valence-electron chi connectivity index (χ1n) is 7.02. The van der Waals surface area contributed by atoms with Crippen molar-refractivity contribution in [1.82, 2.24) is 24.6 Å². The monoisotopic (exact) mass is 301 g/mol. The van der Waals surface area contributed by atoms with Crippen molar-refractivity contribution >= 4 is 12.1 Å². The molecule has 0 aliphatic carbocycles. The van der Waals surface area contributed by atoms with Crippen molar-refractivity contribution < 1.29 is 4.79 Å². The van der Waals surface area contributed by atoms with E-state index in [1.807, 2.05) is 30.3 Å². The molecular weight excluding hydrogens is 290 g/mol. The van der Waals surface area contributed by atoms with Gasteiger partial charge in [0, 0.05) is 29.1 Å². The zero-order valence-corrected chi connectivity index (χ0v) is 12.0. The summed E-state index contributed by atoms with van der Waals surface area (Å²) >= 11 is 0. The van der Waals surface area contributed by atoms with Gasteiger partial charge in [0.1, 0.15) is 12.6 Å². The van der Waals surface area contributed by atoms with Crippen LogP contribution >= 0.6 is 0 Å². The average molecular weight is 301 g/mol. The SMILES string of the molecule is O=Cc1ccc(-c2cc(-c3ccncc3)n3ncnc3n2)cc1. The second kappa shape index (κ2) is 5.42. The van der Waals surface area contributed by atoms with E-state index in [4.69, 9.17) is 0 Å². The lowest BCUT2D eigenvalue weighted by Gasteiger charge is -2.07. The van der Waals surface area contributed by atoms with E-state index in [9.17, 15) is 4.79 Å². The summed E-state index contributed by atoms with van der Waals surface area (Å²) in [5.74, 6) is 0.522. The first kappa shape index (κ1) is 13.3. The fourth-order valence-corrected chi connectivity index (χ4v) is 2.42. The molecule has 110 valence electrons. The molecule has 0 spiro atoms. The van der Waals surface area contributed by atoms with Gasteiger partial charge < -0.3 is 0 Å². The van der Waals surface area contributed by atoms with Gasteiger partial charge in [0.05, 0.1) is 11.4 Å². The molecule has 3 aromatic heterocycles. The first-order valence-corrected chi connectivity index (χ1v) is 7.02. The van der Waals surface area contributed by atoms with Crippen molar-refractivity contribution in [2.45, 2.75) is 0 Å². The van der Waals surface area contributed by atoms with Crippen molar-refractivity contribution in [2.75, 3.05) is 0 Å². The van der Waals surface area contributed by atoms with Crippen molar-refractivity contribution in [2.24, 2.45) is 0 Å². The van der Waals surface area contributed by atoms with Gasteiger partial charge in [0.15, 0.2) is 0 Å². The molecule has 4 rings (SSSR count). The molecule has 0 aliphatic rings. The van der Waals surface area contributed by atoms with Crippen LogP contribution in [0.15, 0.2) is 61.2 Å². The Kier molecular flexibility index (Phi) is 3.12. The number of pyridine rings is 1. The molecule has 0 atom stereocenters. The maximum Gasteiger partial charge on any atom is 0.253 e. The van der Waals surface area contributed by atoms with Crippen LogP contribution in [0.3, 0.4) is 0 Å². The first-order chi connectivity index (χ1) is 11.3. The molecule has 0 saturated heterocycles. The molecule has 3 heterocycles. The quantitative estimate of drug-likeness (QED) is 0.544. The Balaban J connectivity index is 1.92. The topological polar surface area (TPSA) is 73.0 Å². The standard InChI is InChI=1S/C17H11N5O/c23-10-12-1-3-13(4-2-12)15-9-16(14-5-7-18-8-6-14)22-17(21-15)19-11-20-22/h1-11H. The highest BCUT2D eigenvalue weighted by Crippen LogP contribution is 2.25. The van der Waals surface area contributed by atoms with Gasteiger partial charge in [-0.1, -0.05) is 24.3 Å². The molecule has 0 amide bonds. The van der Waals surface area contributed by atoms with E-state index in [1.165, 1.54) is 6.33 Å². The minimum Gasteiger partial charge on any atom is -0.298 e. The summed E-state index contributed by atoms with van der Waals surface area (Å²) in [5, 5.41) is 4.23. The van der Waals surface area contributed by atoms with Gasteiger partial charge in [-0.05, 0) is 18.2 Å². The molecule has 0 saturated carbocycles. The molecule has 0 fully saturated rings. The van der Waals surface area contributed by atoms with Crippen molar-refractivity contribution in [3.8, 4) is 22.5 Å². The smallest absolute Gasteiger partial charge is 0.253 e. The molecule has 1 aromatic carbocycles. The van der Waals surface area contributed by atoms with Crippen LogP contribution in [0.5, 0.6) is 0 Å². The van der Waals surface area contributed by atoms with Gasteiger partial charge in [-0.25, -0.2) is 4.98 Å². The van der Waals surface area contributed by atoms with E-state index in [1.54, 1.807) is 29.0 Å². The summed E-state index contributed by atoms with van der Waals surface area (Å²) in [4.78, 5) is 23.6. The third-order valence-electron chi connectivity index (χ3n) is 3.57. The molecule has 0 bridgehead atoms. The van der Waals surface area contributed by atoms with Crippen LogP contribution < -0.4 is 0 Å². The van der Waals surface area contributed by atoms with Crippen molar-refractivity contribution in [1.29, 1.82) is 0 Å². The van der Waals surface area contributed by atoms with Crippen LogP contribution in [0.25, 0.3) is 28.3 Å². The van der Waals surface area contributed by atoms with E-state index in [2.05, 4.69) is 20.1 Å². The number of aldehydes is 1. The predicted molar refractivity (Wildman–Crippen MR) is 84.8 cm³/mol. The van der Waals surface area contributed by atoms with Gasteiger partial charge in [0.2, 0.25) is 0 Å². The zero-order valence-electron chi connectivity index (χ0n) is 12.0. The normalized spacial score (nSPS) is 10.8. The lowest BCUT2D eigenvalue weighted by molar-refractivity contribution is 0.112. The van der Waals surface area contributed by atoms with Crippen molar-refractivity contribution in [3.05, 3.63) is 66.7 Å². The number of nitrogens with zero attached hydrogens (tertiary/aromatic N) is 5. The molecule has 6 heteroatoms. The highest BCUT2D eigenvalue weighted by atomic mass is 16.1. The van der Waals surface area contributed by atoms with Crippen LogP contribution in [0.4, 0.5) is 0 Å². The number of carbonyl (C=O) groups excluding carboxylic acids is 1. The van der Waals surface area contributed by atoms with E-state index < -0.39 is 0 Å². The van der Waals surface area contributed by atoms with Crippen LogP contribution in [0, 0.1) is 0 Å². The number of hydrogen-bond donors (Lipinski definition) is 0. The molecule has 4 aromatic rings. The summed E-state index contributed by atoms with van der Waals surface area (Å²) in [6.07, 6.45) is 5.77. The number of aromatic nitrogens is 5. The fourth-order valence-electron chi connectivity index (χ4n) is 2.42. The number of carbonyl (C=O) groups is 1. The predicted octanol–water partition coefficient (Wildman–Crippen LogP) is 2.67. The Bertz CT molecular complexity index is 977. The summed E-state index contributed by atoms with van der Waals surface area (Å²) < 4.78 is 1.69. The van der Waals surface area contributed by atoms with Crippen molar-refractivity contribution in [3.63, 3.8) is 0 Å². The molecule has 0 aliphatic heterocycles. The minimum absolute atomic E-state index is 0.522. The Morgan fingerprint density at radius 2 is 1.74 bits per heavy atom. The average Bonchev–Trinajstić information content (AvgIpc) is 3.10. The fraction of sp³-hybridized carbons (Fsp3) is 0. The molecule has 0 radical (unpaired) electrons. The summed E-state index contributed by atoms with van der Waals surface area (Å²) in [5.41, 5.74) is 4.17. The Morgan fingerprint density at radius 1 is 0.957 bits per heavy atom. The van der Waals surface area contributed by atoms with Crippen LogP contribution in [-0.2, 0) is 0 Å². The number of fused-ring (bicyclic) bond motifs is 1. The second-order valence-electron chi connectivity index (χ2n) is 4.97. The Hall–Kier alpha value is -3.41. The molecular formula is C17H11N5O. The number of hydrogen-bond acceptors (Lipinski definition) is 5. The van der Waals surface area contributed by atoms with E-state index >= 15 is 0 Å². The largest absolute Gasteiger partial charge is 0.298 e. The third kappa shape index (κ3) is 2.36. The van der Waals surface area contributed by atoms with Crippen LogP contribution in [0.1, 0.15) is 10.4 Å². The second-order valence-corrected chi connectivity index (χ2v) is 4.97. The van der Waals surface area contributed by atoms with Crippen LogP contribution in [-0.4, -0.2) is 30.9 Å².